The first-order valence-corrected chi connectivity index (χ1v) is 10.7. The van der Waals surface area contributed by atoms with E-state index in [0.717, 1.165) is 51.5 Å². The first kappa shape index (κ1) is 19.6. The number of amides is 1. The monoisotopic (exact) mass is 394 g/mol. The van der Waals surface area contributed by atoms with Gasteiger partial charge in [0.1, 0.15) is 11.5 Å². The number of hydrogen-bond acceptors (Lipinski definition) is 6. The topological polar surface area (TPSA) is 64.6 Å². The second-order valence-corrected chi connectivity index (χ2v) is 7.73. The van der Waals surface area contributed by atoms with Crippen LogP contribution in [0.15, 0.2) is 36.7 Å². The number of hydrogen-bond donors (Lipinski definition) is 1. The van der Waals surface area contributed by atoms with Crippen LogP contribution in [-0.4, -0.2) is 71.5 Å². The zero-order valence-corrected chi connectivity index (χ0v) is 17.2. The number of aromatic nitrogens is 2. The molecule has 4 rings (SSSR count). The summed E-state index contributed by atoms with van der Waals surface area (Å²) < 4.78 is 0. The minimum absolute atomic E-state index is 0.0364. The zero-order valence-electron chi connectivity index (χ0n) is 17.2. The lowest BCUT2D eigenvalue weighted by Crippen LogP contribution is -2.48. The molecule has 0 bridgehead atoms. The van der Waals surface area contributed by atoms with E-state index >= 15 is 0 Å². The van der Waals surface area contributed by atoms with Crippen molar-refractivity contribution in [2.24, 2.45) is 0 Å². The molecule has 2 aromatic rings. The van der Waals surface area contributed by atoms with Gasteiger partial charge >= 0.3 is 0 Å². The van der Waals surface area contributed by atoms with Crippen molar-refractivity contribution >= 4 is 23.1 Å². The summed E-state index contributed by atoms with van der Waals surface area (Å²) in [6.45, 7) is 8.79. The largest absolute Gasteiger partial charge is 0.372 e. The molecule has 0 unspecified atom stereocenters. The molecule has 1 aromatic carbocycles. The lowest BCUT2D eigenvalue weighted by atomic mass is 10.1. The van der Waals surface area contributed by atoms with Crippen LogP contribution in [0.2, 0.25) is 0 Å². The van der Waals surface area contributed by atoms with Gasteiger partial charge in [0.05, 0.1) is 12.4 Å². The molecule has 2 saturated heterocycles. The van der Waals surface area contributed by atoms with Crippen molar-refractivity contribution in [1.82, 2.24) is 19.8 Å². The van der Waals surface area contributed by atoms with Crippen molar-refractivity contribution < 1.29 is 4.79 Å². The van der Waals surface area contributed by atoms with Gasteiger partial charge in [0.2, 0.25) is 0 Å². The lowest BCUT2D eigenvalue weighted by molar-refractivity contribution is 0.0637. The van der Waals surface area contributed by atoms with Crippen LogP contribution in [0.25, 0.3) is 0 Å². The molecule has 2 aliphatic heterocycles. The van der Waals surface area contributed by atoms with Crippen LogP contribution in [0.5, 0.6) is 0 Å². The molecule has 7 nitrogen and oxygen atoms in total. The van der Waals surface area contributed by atoms with Crippen LogP contribution in [-0.2, 0) is 0 Å². The summed E-state index contributed by atoms with van der Waals surface area (Å²) in [4.78, 5) is 28.0. The van der Waals surface area contributed by atoms with Crippen LogP contribution in [0, 0.1) is 0 Å². The first-order chi connectivity index (χ1) is 14.2. The second-order valence-electron chi connectivity index (χ2n) is 7.73. The predicted octanol–water partition coefficient (Wildman–Crippen LogP) is 2.99. The highest BCUT2D eigenvalue weighted by molar-refractivity contribution is 5.92. The molecule has 1 amide bonds. The fourth-order valence-electron chi connectivity index (χ4n) is 3.99. The van der Waals surface area contributed by atoms with Crippen molar-refractivity contribution in [2.45, 2.75) is 26.2 Å². The SMILES string of the molecule is CCN1CCN(C(=O)c2cnc(Nc3ccc(N4CCCCC4)cc3)cn2)CC1. The summed E-state index contributed by atoms with van der Waals surface area (Å²) in [6.07, 6.45) is 7.08. The Morgan fingerprint density at radius 1 is 0.931 bits per heavy atom. The Balaban J connectivity index is 1.34. The summed E-state index contributed by atoms with van der Waals surface area (Å²) in [5.41, 5.74) is 2.64. The molecular weight excluding hydrogens is 364 g/mol. The molecule has 7 heteroatoms. The molecule has 0 saturated carbocycles. The van der Waals surface area contributed by atoms with Crippen molar-refractivity contribution in [3.05, 3.63) is 42.4 Å². The van der Waals surface area contributed by atoms with Crippen LogP contribution < -0.4 is 10.2 Å². The standard InChI is InChI=1S/C22H30N6O/c1-2-26-12-14-28(15-13-26)22(29)20-16-24-21(17-23-20)25-18-6-8-19(9-7-18)27-10-4-3-5-11-27/h6-9,16-17H,2-5,10-15H2,1H3,(H,24,25). The van der Waals surface area contributed by atoms with Gasteiger partial charge in [0, 0.05) is 50.6 Å². The number of rotatable bonds is 5. The predicted molar refractivity (Wildman–Crippen MR) is 116 cm³/mol. The van der Waals surface area contributed by atoms with Crippen molar-refractivity contribution in [3.63, 3.8) is 0 Å². The minimum Gasteiger partial charge on any atom is -0.372 e. The molecule has 1 aromatic heterocycles. The molecule has 0 aliphatic carbocycles. The first-order valence-electron chi connectivity index (χ1n) is 10.7. The molecule has 0 spiro atoms. The van der Waals surface area contributed by atoms with Gasteiger partial charge in [0.15, 0.2) is 0 Å². The number of nitrogens with one attached hydrogen (secondary N) is 1. The molecule has 2 aliphatic rings. The van der Waals surface area contributed by atoms with Gasteiger partial charge in [-0.05, 0) is 50.1 Å². The fraction of sp³-hybridized carbons (Fsp3) is 0.500. The molecule has 29 heavy (non-hydrogen) atoms. The summed E-state index contributed by atoms with van der Waals surface area (Å²) >= 11 is 0. The van der Waals surface area contributed by atoms with E-state index in [2.05, 4.69) is 56.3 Å². The molecule has 3 heterocycles. The average molecular weight is 395 g/mol. The van der Waals surface area contributed by atoms with Crippen LogP contribution in [0.1, 0.15) is 36.7 Å². The third kappa shape index (κ3) is 4.85. The molecule has 2 fully saturated rings. The maximum atomic E-state index is 12.6. The van der Waals surface area contributed by atoms with E-state index in [-0.39, 0.29) is 5.91 Å². The quantitative estimate of drug-likeness (QED) is 0.841. The number of carbonyl (C=O) groups excluding carboxylic acids is 1. The lowest BCUT2D eigenvalue weighted by Gasteiger charge is -2.33. The average Bonchev–Trinajstić information content (AvgIpc) is 2.80. The van der Waals surface area contributed by atoms with E-state index in [1.54, 1.807) is 12.4 Å². The number of carbonyl (C=O) groups is 1. The highest BCUT2D eigenvalue weighted by Gasteiger charge is 2.22. The fourth-order valence-corrected chi connectivity index (χ4v) is 3.99. The smallest absolute Gasteiger partial charge is 0.274 e. The van der Waals surface area contributed by atoms with Gasteiger partial charge in [-0.2, -0.15) is 0 Å². The van der Waals surface area contributed by atoms with Gasteiger partial charge in [-0.15, -0.1) is 0 Å². The Kier molecular flexibility index (Phi) is 6.24. The molecule has 154 valence electrons. The molecule has 0 atom stereocenters. The Morgan fingerprint density at radius 3 is 2.28 bits per heavy atom. The van der Waals surface area contributed by atoms with Gasteiger partial charge in [0.25, 0.3) is 5.91 Å². The van der Waals surface area contributed by atoms with E-state index < -0.39 is 0 Å². The maximum absolute atomic E-state index is 12.6. The minimum atomic E-state index is -0.0364. The van der Waals surface area contributed by atoms with Crippen LogP contribution >= 0.6 is 0 Å². The third-order valence-corrected chi connectivity index (χ3v) is 5.84. The Hall–Kier alpha value is -2.67. The van der Waals surface area contributed by atoms with Gasteiger partial charge in [-0.25, -0.2) is 9.97 Å². The van der Waals surface area contributed by atoms with E-state index in [9.17, 15) is 4.79 Å². The number of piperidine rings is 1. The highest BCUT2D eigenvalue weighted by atomic mass is 16.2. The summed E-state index contributed by atoms with van der Waals surface area (Å²) in [5, 5.41) is 3.27. The summed E-state index contributed by atoms with van der Waals surface area (Å²) in [7, 11) is 0. The van der Waals surface area contributed by atoms with Gasteiger partial charge in [-0.3, -0.25) is 4.79 Å². The van der Waals surface area contributed by atoms with E-state index in [1.165, 1.54) is 24.9 Å². The zero-order chi connectivity index (χ0) is 20.1. The van der Waals surface area contributed by atoms with Gasteiger partial charge in [-0.1, -0.05) is 6.92 Å². The van der Waals surface area contributed by atoms with E-state index in [0.29, 0.717) is 11.5 Å². The van der Waals surface area contributed by atoms with E-state index in [1.807, 2.05) is 4.90 Å². The third-order valence-electron chi connectivity index (χ3n) is 5.84. The summed E-state index contributed by atoms with van der Waals surface area (Å²) in [5.74, 6) is 0.605. The Labute approximate surface area is 172 Å². The summed E-state index contributed by atoms with van der Waals surface area (Å²) in [6, 6.07) is 8.43. The van der Waals surface area contributed by atoms with Crippen LogP contribution in [0.4, 0.5) is 17.2 Å². The normalized spacial score (nSPS) is 18.0. The van der Waals surface area contributed by atoms with E-state index in [4.69, 9.17) is 0 Å². The van der Waals surface area contributed by atoms with Crippen molar-refractivity contribution in [2.75, 3.05) is 56.0 Å². The number of benzene rings is 1. The Morgan fingerprint density at radius 2 is 1.66 bits per heavy atom. The van der Waals surface area contributed by atoms with Gasteiger partial charge < -0.3 is 20.0 Å². The number of likely N-dealkylation sites (N-methyl/N-ethyl adjacent to an activating group) is 1. The molecule has 1 N–H and O–H groups in total. The number of piperazine rings is 1. The maximum Gasteiger partial charge on any atom is 0.274 e. The van der Waals surface area contributed by atoms with Crippen LogP contribution in [0.3, 0.4) is 0 Å². The van der Waals surface area contributed by atoms with Crippen molar-refractivity contribution in [1.29, 1.82) is 0 Å². The molecular formula is C22H30N6O. The number of anilines is 3. The highest BCUT2D eigenvalue weighted by Crippen LogP contribution is 2.23. The number of nitrogens with zero attached hydrogens (tertiary/aromatic N) is 5. The van der Waals surface area contributed by atoms with Crippen molar-refractivity contribution in [3.8, 4) is 0 Å². The second kappa shape index (κ2) is 9.22. The molecule has 0 radical (unpaired) electrons. The Bertz CT molecular complexity index is 793.